The second-order valence-corrected chi connectivity index (χ2v) is 4.90. The number of aromatic nitrogens is 1. The average molecular weight is 305 g/mol. The van der Waals surface area contributed by atoms with E-state index in [1.165, 1.54) is 19.3 Å². The molecule has 0 aliphatic heterocycles. The Morgan fingerprint density at radius 3 is 1.61 bits per heavy atom. The highest BCUT2D eigenvalue weighted by molar-refractivity contribution is 5.99. The van der Waals surface area contributed by atoms with Gasteiger partial charge in [0.15, 0.2) is 17.3 Å². The van der Waals surface area contributed by atoms with Gasteiger partial charge in [0, 0.05) is 0 Å². The van der Waals surface area contributed by atoms with Crippen molar-refractivity contribution in [2.75, 3.05) is 0 Å². The number of ether oxygens (including phenoxy) is 2. The Labute approximate surface area is 134 Å². The molecule has 0 radical (unpaired) electrons. The molecule has 0 bridgehead atoms. The Morgan fingerprint density at radius 2 is 1.22 bits per heavy atom. The van der Waals surface area contributed by atoms with Crippen molar-refractivity contribution < 1.29 is 14.3 Å². The number of Topliss-reactive ketones (excluding diaryl/α,β-unsaturated/α-hetero) is 1. The van der Waals surface area contributed by atoms with Gasteiger partial charge in [-0.3, -0.25) is 9.78 Å². The molecule has 0 N–H and O–H groups in total. The van der Waals surface area contributed by atoms with E-state index in [4.69, 9.17) is 9.47 Å². The molecule has 0 fully saturated rings. The van der Waals surface area contributed by atoms with E-state index in [1.807, 2.05) is 60.7 Å². The van der Waals surface area contributed by atoms with Crippen LogP contribution >= 0.6 is 0 Å². The first-order valence-corrected chi connectivity index (χ1v) is 7.19. The van der Waals surface area contributed by atoms with Crippen LogP contribution in [0.15, 0.2) is 73.1 Å². The summed E-state index contributed by atoms with van der Waals surface area (Å²) < 4.78 is 11.6. The van der Waals surface area contributed by atoms with Crippen LogP contribution in [0.5, 0.6) is 23.0 Å². The molecular formula is C19H15NO3. The van der Waals surface area contributed by atoms with Crippen molar-refractivity contribution in [3.63, 3.8) is 0 Å². The van der Waals surface area contributed by atoms with Crippen LogP contribution < -0.4 is 9.47 Å². The summed E-state index contributed by atoms with van der Waals surface area (Å²) in [5, 5.41) is 0. The summed E-state index contributed by atoms with van der Waals surface area (Å²) in [7, 11) is 0. The molecule has 114 valence electrons. The number of carbonyl (C=O) groups is 1. The topological polar surface area (TPSA) is 48.4 Å². The monoisotopic (exact) mass is 305 g/mol. The zero-order chi connectivity index (χ0) is 16.1. The smallest absolute Gasteiger partial charge is 0.167 e. The maximum Gasteiger partial charge on any atom is 0.167 e. The Balaban J connectivity index is 1.97. The molecule has 3 aromatic rings. The van der Waals surface area contributed by atoms with E-state index in [1.54, 1.807) is 0 Å². The minimum atomic E-state index is -0.149. The summed E-state index contributed by atoms with van der Waals surface area (Å²) in [6.07, 6.45) is 3.03. The fraction of sp³-hybridized carbons (Fsp3) is 0.0526. The predicted octanol–water partition coefficient (Wildman–Crippen LogP) is 4.87. The first-order chi connectivity index (χ1) is 11.2. The minimum absolute atomic E-state index is 0.149. The van der Waals surface area contributed by atoms with Gasteiger partial charge in [-0.25, -0.2) is 0 Å². The summed E-state index contributed by atoms with van der Waals surface area (Å²) in [4.78, 5) is 16.2. The van der Waals surface area contributed by atoms with Gasteiger partial charge in [0.25, 0.3) is 0 Å². The Bertz CT molecular complexity index is 742. The molecule has 2 aromatic carbocycles. The number of hydrogen-bond acceptors (Lipinski definition) is 4. The molecule has 4 nitrogen and oxygen atoms in total. The standard InChI is InChI=1S/C19H15NO3/c1-14(21)19-17(22-15-8-4-2-5-9-15)12-20-13-18(19)23-16-10-6-3-7-11-16/h2-13H,1H3. The maximum absolute atomic E-state index is 12.1. The molecule has 1 aromatic heterocycles. The van der Waals surface area contributed by atoms with E-state index in [9.17, 15) is 4.79 Å². The van der Waals surface area contributed by atoms with E-state index in [0.717, 1.165) is 0 Å². The fourth-order valence-corrected chi connectivity index (χ4v) is 2.16. The van der Waals surface area contributed by atoms with Gasteiger partial charge in [0.2, 0.25) is 0 Å². The van der Waals surface area contributed by atoms with Crippen LogP contribution in [0.2, 0.25) is 0 Å². The quantitative estimate of drug-likeness (QED) is 0.631. The summed E-state index contributed by atoms with van der Waals surface area (Å²) in [6.45, 7) is 1.48. The number of benzene rings is 2. The van der Waals surface area contributed by atoms with Crippen LogP contribution in [-0.4, -0.2) is 10.8 Å². The fourth-order valence-electron chi connectivity index (χ4n) is 2.16. The molecule has 3 rings (SSSR count). The third-order valence-electron chi connectivity index (χ3n) is 3.17. The van der Waals surface area contributed by atoms with Crippen molar-refractivity contribution in [1.82, 2.24) is 4.98 Å². The van der Waals surface area contributed by atoms with Crippen molar-refractivity contribution in [2.24, 2.45) is 0 Å². The normalized spacial score (nSPS) is 10.1. The zero-order valence-corrected chi connectivity index (χ0v) is 12.6. The molecule has 0 spiro atoms. The Morgan fingerprint density at radius 1 is 0.783 bits per heavy atom. The van der Waals surface area contributed by atoms with Gasteiger partial charge in [-0.15, -0.1) is 0 Å². The summed E-state index contributed by atoms with van der Waals surface area (Å²) in [6, 6.07) is 18.5. The third-order valence-corrected chi connectivity index (χ3v) is 3.17. The molecule has 0 saturated heterocycles. The van der Waals surface area contributed by atoms with E-state index < -0.39 is 0 Å². The average Bonchev–Trinajstić information content (AvgIpc) is 2.56. The molecule has 4 heteroatoms. The lowest BCUT2D eigenvalue weighted by molar-refractivity contribution is 0.101. The molecule has 0 atom stereocenters. The lowest BCUT2D eigenvalue weighted by Gasteiger charge is -2.13. The molecule has 0 aliphatic rings. The molecule has 23 heavy (non-hydrogen) atoms. The van der Waals surface area contributed by atoms with Crippen molar-refractivity contribution in [3.05, 3.63) is 78.6 Å². The van der Waals surface area contributed by atoms with Crippen LogP contribution in [0.4, 0.5) is 0 Å². The number of carbonyl (C=O) groups excluding carboxylic acids is 1. The van der Waals surface area contributed by atoms with Gasteiger partial charge >= 0.3 is 0 Å². The highest BCUT2D eigenvalue weighted by Gasteiger charge is 2.17. The number of ketones is 1. The van der Waals surface area contributed by atoms with Crippen molar-refractivity contribution in [1.29, 1.82) is 0 Å². The second-order valence-electron chi connectivity index (χ2n) is 4.90. The van der Waals surface area contributed by atoms with Crippen LogP contribution in [-0.2, 0) is 0 Å². The van der Waals surface area contributed by atoms with Crippen LogP contribution in [0.1, 0.15) is 17.3 Å². The van der Waals surface area contributed by atoms with E-state index >= 15 is 0 Å². The first-order valence-electron chi connectivity index (χ1n) is 7.19. The zero-order valence-electron chi connectivity index (χ0n) is 12.6. The predicted molar refractivity (Wildman–Crippen MR) is 87.3 cm³/mol. The molecule has 1 heterocycles. The van der Waals surface area contributed by atoms with Gasteiger partial charge in [-0.2, -0.15) is 0 Å². The lowest BCUT2D eigenvalue weighted by Crippen LogP contribution is -2.02. The maximum atomic E-state index is 12.1. The summed E-state index contributed by atoms with van der Waals surface area (Å²) in [5.74, 6) is 1.86. The highest BCUT2D eigenvalue weighted by atomic mass is 16.5. The molecule has 0 amide bonds. The summed E-state index contributed by atoms with van der Waals surface area (Å²) in [5.41, 5.74) is 0.368. The Hall–Kier alpha value is -3.14. The largest absolute Gasteiger partial charge is 0.455 e. The van der Waals surface area contributed by atoms with E-state index in [-0.39, 0.29) is 5.78 Å². The third kappa shape index (κ3) is 3.55. The van der Waals surface area contributed by atoms with Crippen LogP contribution in [0, 0.1) is 0 Å². The Kier molecular flexibility index (Phi) is 4.34. The second kappa shape index (κ2) is 6.75. The SMILES string of the molecule is CC(=O)c1c(Oc2ccccc2)cncc1Oc1ccccc1. The molecule has 0 saturated carbocycles. The number of para-hydroxylation sites is 2. The summed E-state index contributed by atoms with van der Waals surface area (Å²) >= 11 is 0. The number of pyridine rings is 1. The first kappa shape index (κ1) is 14.8. The van der Waals surface area contributed by atoms with Gasteiger partial charge in [-0.05, 0) is 31.2 Å². The van der Waals surface area contributed by atoms with Crippen molar-refractivity contribution >= 4 is 5.78 Å². The number of hydrogen-bond donors (Lipinski definition) is 0. The minimum Gasteiger partial charge on any atom is -0.455 e. The molecule has 0 aliphatic carbocycles. The van der Waals surface area contributed by atoms with Gasteiger partial charge in [0.05, 0.1) is 12.4 Å². The van der Waals surface area contributed by atoms with Crippen molar-refractivity contribution in [2.45, 2.75) is 6.92 Å². The molecular weight excluding hydrogens is 290 g/mol. The number of nitrogens with zero attached hydrogens (tertiary/aromatic N) is 1. The van der Waals surface area contributed by atoms with Crippen molar-refractivity contribution in [3.8, 4) is 23.0 Å². The van der Waals surface area contributed by atoms with Gasteiger partial charge in [-0.1, -0.05) is 36.4 Å². The van der Waals surface area contributed by atoms with E-state index in [0.29, 0.717) is 28.6 Å². The van der Waals surface area contributed by atoms with Gasteiger partial charge < -0.3 is 9.47 Å². The van der Waals surface area contributed by atoms with Crippen LogP contribution in [0.25, 0.3) is 0 Å². The van der Waals surface area contributed by atoms with Crippen LogP contribution in [0.3, 0.4) is 0 Å². The lowest BCUT2D eigenvalue weighted by atomic mass is 10.1. The van der Waals surface area contributed by atoms with E-state index in [2.05, 4.69) is 4.98 Å². The molecule has 0 unspecified atom stereocenters. The number of rotatable bonds is 5. The van der Waals surface area contributed by atoms with Gasteiger partial charge in [0.1, 0.15) is 17.1 Å². The highest BCUT2D eigenvalue weighted by Crippen LogP contribution is 2.33.